The van der Waals surface area contributed by atoms with Crippen LogP contribution in [0.1, 0.15) is 11.1 Å². The highest BCUT2D eigenvalue weighted by Crippen LogP contribution is 2.30. The van der Waals surface area contributed by atoms with E-state index in [9.17, 15) is 13.2 Å². The molecular weight excluding hydrogens is 203 g/mol. The van der Waals surface area contributed by atoms with Gasteiger partial charge in [-0.3, -0.25) is 0 Å². The first kappa shape index (κ1) is 12.1. The summed E-state index contributed by atoms with van der Waals surface area (Å²) in [7, 11) is 0. The molecule has 1 nitrogen and oxygen atoms in total. The van der Waals surface area contributed by atoms with E-state index in [0.29, 0.717) is 11.3 Å². The summed E-state index contributed by atoms with van der Waals surface area (Å²) in [6, 6.07) is 3.27. The molecule has 0 aliphatic carbocycles. The van der Waals surface area contributed by atoms with Gasteiger partial charge in [0.2, 0.25) is 0 Å². The van der Waals surface area contributed by atoms with Gasteiger partial charge < -0.3 is 5.73 Å². The average Bonchev–Trinajstić information content (AvgIpc) is 1.92. The van der Waals surface area contributed by atoms with Crippen LogP contribution in [0, 0.1) is 6.92 Å². The largest absolute Gasteiger partial charge is 0.416 e. The Balaban J connectivity index is 0.00000144. The van der Waals surface area contributed by atoms with Gasteiger partial charge in [-0.1, -0.05) is 0 Å². The van der Waals surface area contributed by atoms with Crippen molar-refractivity contribution in [2.75, 3.05) is 5.73 Å². The first-order chi connectivity index (χ1) is 5.41. The second-order valence-electron chi connectivity index (χ2n) is 2.57. The number of hydrogen-bond acceptors (Lipinski definition) is 1. The van der Waals surface area contributed by atoms with Crippen molar-refractivity contribution in [2.24, 2.45) is 0 Å². The van der Waals surface area contributed by atoms with Gasteiger partial charge in [-0.25, -0.2) is 0 Å². The van der Waals surface area contributed by atoms with E-state index in [1.165, 1.54) is 6.07 Å². The number of nitrogen functional groups attached to an aromatic ring is 1. The SMILES string of the molecule is Cc1cc(C(F)(F)F)ccc1N.Cl. The summed E-state index contributed by atoms with van der Waals surface area (Å²) in [6.07, 6.45) is -4.28. The van der Waals surface area contributed by atoms with Crippen LogP contribution in [0.4, 0.5) is 18.9 Å². The highest BCUT2D eigenvalue weighted by Gasteiger charge is 2.30. The van der Waals surface area contributed by atoms with E-state index in [-0.39, 0.29) is 12.4 Å². The Morgan fingerprint density at radius 3 is 2.15 bits per heavy atom. The van der Waals surface area contributed by atoms with E-state index >= 15 is 0 Å². The fourth-order valence-corrected chi connectivity index (χ4v) is 0.852. The van der Waals surface area contributed by atoms with Crippen LogP contribution in [0.5, 0.6) is 0 Å². The number of aryl methyl sites for hydroxylation is 1. The normalized spacial score (nSPS) is 10.8. The van der Waals surface area contributed by atoms with Crippen molar-refractivity contribution in [1.29, 1.82) is 0 Å². The first-order valence-corrected chi connectivity index (χ1v) is 3.34. The third-order valence-corrected chi connectivity index (χ3v) is 1.60. The molecule has 13 heavy (non-hydrogen) atoms. The Morgan fingerprint density at radius 2 is 1.77 bits per heavy atom. The van der Waals surface area contributed by atoms with Gasteiger partial charge in [0.05, 0.1) is 5.56 Å². The van der Waals surface area contributed by atoms with E-state index in [1.54, 1.807) is 6.92 Å². The highest BCUT2D eigenvalue weighted by atomic mass is 35.5. The van der Waals surface area contributed by atoms with Crippen LogP contribution < -0.4 is 5.73 Å². The molecule has 74 valence electrons. The zero-order valence-corrected chi connectivity index (χ0v) is 7.67. The first-order valence-electron chi connectivity index (χ1n) is 3.34. The Labute approximate surface area is 80.2 Å². The Hall–Kier alpha value is -0.900. The molecule has 0 amide bonds. The number of alkyl halides is 3. The molecular formula is C8H9ClF3N. The minimum Gasteiger partial charge on any atom is -0.399 e. The molecule has 0 saturated carbocycles. The summed E-state index contributed by atoms with van der Waals surface area (Å²) in [5.74, 6) is 0. The predicted molar refractivity (Wildman–Crippen MR) is 47.8 cm³/mol. The van der Waals surface area contributed by atoms with Crippen LogP contribution in [0.15, 0.2) is 18.2 Å². The third-order valence-electron chi connectivity index (χ3n) is 1.60. The van der Waals surface area contributed by atoms with Gasteiger partial charge in [0.1, 0.15) is 0 Å². The van der Waals surface area contributed by atoms with Crippen molar-refractivity contribution in [3.8, 4) is 0 Å². The standard InChI is InChI=1S/C8H8F3N.ClH/c1-5-4-6(8(9,10)11)2-3-7(5)12;/h2-4H,12H2,1H3;1H. The van der Waals surface area contributed by atoms with Crippen LogP contribution in [0.25, 0.3) is 0 Å². The van der Waals surface area contributed by atoms with Crippen molar-refractivity contribution in [3.05, 3.63) is 29.3 Å². The lowest BCUT2D eigenvalue weighted by Gasteiger charge is -2.08. The molecule has 0 atom stereocenters. The fourth-order valence-electron chi connectivity index (χ4n) is 0.852. The lowest BCUT2D eigenvalue weighted by molar-refractivity contribution is -0.137. The molecule has 0 heterocycles. The molecule has 5 heteroatoms. The number of rotatable bonds is 0. The van der Waals surface area contributed by atoms with Crippen molar-refractivity contribution in [1.82, 2.24) is 0 Å². The lowest BCUT2D eigenvalue weighted by atomic mass is 10.1. The molecule has 2 N–H and O–H groups in total. The summed E-state index contributed by atoms with van der Waals surface area (Å²) in [4.78, 5) is 0. The van der Waals surface area contributed by atoms with E-state index < -0.39 is 11.7 Å². The average molecular weight is 212 g/mol. The molecule has 0 unspecified atom stereocenters. The van der Waals surface area contributed by atoms with Gasteiger partial charge in [-0.15, -0.1) is 12.4 Å². The van der Waals surface area contributed by atoms with Crippen molar-refractivity contribution in [3.63, 3.8) is 0 Å². The van der Waals surface area contributed by atoms with Gasteiger partial charge in [-0.2, -0.15) is 13.2 Å². The molecule has 1 rings (SSSR count). The Kier molecular flexibility index (Phi) is 3.60. The van der Waals surface area contributed by atoms with Crippen molar-refractivity contribution < 1.29 is 13.2 Å². The van der Waals surface area contributed by atoms with Gasteiger partial charge >= 0.3 is 6.18 Å². The molecule has 0 saturated heterocycles. The maximum Gasteiger partial charge on any atom is 0.416 e. The molecule has 1 aromatic rings. The van der Waals surface area contributed by atoms with E-state index in [4.69, 9.17) is 5.73 Å². The summed E-state index contributed by atoms with van der Waals surface area (Å²) in [6.45, 7) is 1.55. The maximum atomic E-state index is 12.1. The quantitative estimate of drug-likeness (QED) is 0.656. The van der Waals surface area contributed by atoms with Gasteiger partial charge in [0.15, 0.2) is 0 Å². The zero-order valence-electron chi connectivity index (χ0n) is 6.85. The fraction of sp³-hybridized carbons (Fsp3) is 0.250. The molecule has 0 radical (unpaired) electrons. The van der Waals surface area contributed by atoms with E-state index in [0.717, 1.165) is 12.1 Å². The number of halogens is 4. The van der Waals surface area contributed by atoms with Crippen LogP contribution in [-0.4, -0.2) is 0 Å². The number of anilines is 1. The summed E-state index contributed by atoms with van der Waals surface area (Å²) in [5, 5.41) is 0. The van der Waals surface area contributed by atoms with Gasteiger partial charge in [-0.05, 0) is 30.7 Å². The minimum absolute atomic E-state index is 0. The van der Waals surface area contributed by atoms with Crippen LogP contribution >= 0.6 is 12.4 Å². The zero-order chi connectivity index (χ0) is 9.35. The molecule has 0 fully saturated rings. The van der Waals surface area contributed by atoms with Crippen molar-refractivity contribution >= 4 is 18.1 Å². The molecule has 0 aliphatic heterocycles. The van der Waals surface area contributed by atoms with Crippen LogP contribution in [0.3, 0.4) is 0 Å². The minimum atomic E-state index is -4.28. The highest BCUT2D eigenvalue weighted by molar-refractivity contribution is 5.85. The summed E-state index contributed by atoms with van der Waals surface area (Å²) in [5.41, 5.74) is 5.53. The second kappa shape index (κ2) is 3.87. The van der Waals surface area contributed by atoms with Crippen LogP contribution in [0.2, 0.25) is 0 Å². The van der Waals surface area contributed by atoms with E-state index in [1.807, 2.05) is 0 Å². The third kappa shape index (κ3) is 2.81. The molecule has 0 aliphatic rings. The van der Waals surface area contributed by atoms with Crippen molar-refractivity contribution in [2.45, 2.75) is 13.1 Å². The number of hydrogen-bond donors (Lipinski definition) is 1. The topological polar surface area (TPSA) is 26.0 Å². The monoisotopic (exact) mass is 211 g/mol. The Morgan fingerprint density at radius 1 is 1.23 bits per heavy atom. The maximum absolute atomic E-state index is 12.1. The smallest absolute Gasteiger partial charge is 0.399 e. The number of benzene rings is 1. The second-order valence-corrected chi connectivity index (χ2v) is 2.57. The molecule has 0 aromatic heterocycles. The van der Waals surface area contributed by atoms with Gasteiger partial charge in [0, 0.05) is 5.69 Å². The molecule has 0 spiro atoms. The predicted octanol–water partition coefficient (Wildman–Crippen LogP) is 3.02. The summed E-state index contributed by atoms with van der Waals surface area (Å²) < 4.78 is 36.2. The number of nitrogens with two attached hydrogens (primary N) is 1. The molecule has 0 bridgehead atoms. The molecule has 1 aromatic carbocycles. The summed E-state index contributed by atoms with van der Waals surface area (Å²) >= 11 is 0. The van der Waals surface area contributed by atoms with Crippen LogP contribution in [-0.2, 0) is 6.18 Å². The van der Waals surface area contributed by atoms with E-state index in [2.05, 4.69) is 0 Å². The Bertz CT molecular complexity index is 296. The lowest BCUT2D eigenvalue weighted by Crippen LogP contribution is -2.05. The van der Waals surface area contributed by atoms with Gasteiger partial charge in [0.25, 0.3) is 0 Å².